The van der Waals surface area contributed by atoms with E-state index in [2.05, 4.69) is 159 Å². The Kier molecular flexibility index (Phi) is 11.3. The predicted octanol–water partition coefficient (Wildman–Crippen LogP) is 9.93. The first-order valence-corrected chi connectivity index (χ1v) is 17.9. The van der Waals surface area contributed by atoms with Crippen LogP contribution in [0.3, 0.4) is 0 Å². The lowest BCUT2D eigenvalue weighted by atomic mass is 9.96. The summed E-state index contributed by atoms with van der Waals surface area (Å²) < 4.78 is 26.2. The standard InChI is InChI=1S/C42H47O4P/c1-28(2)43-36-24-16-25-37(44-29(3)4)40(36)34-22-15-23-35(41-38(45-30(5)6)26-17-27-39(41)46-31(7)8)42(34)47(32-18-11-9-12-19-32)33-20-13-10-14-21-33/h9-31H,1-8H3. The summed E-state index contributed by atoms with van der Waals surface area (Å²) in [5.74, 6) is 3.16. The van der Waals surface area contributed by atoms with E-state index in [0.29, 0.717) is 0 Å². The topological polar surface area (TPSA) is 36.9 Å². The molecule has 0 bridgehead atoms. The van der Waals surface area contributed by atoms with E-state index in [1.807, 2.05) is 12.1 Å². The van der Waals surface area contributed by atoms with Crippen LogP contribution in [0, 0.1) is 0 Å². The van der Waals surface area contributed by atoms with Crippen LogP contribution in [0.25, 0.3) is 22.3 Å². The first-order valence-electron chi connectivity index (χ1n) is 16.6. The second-order valence-corrected chi connectivity index (χ2v) is 14.8. The third-order valence-corrected chi connectivity index (χ3v) is 9.81. The lowest BCUT2D eigenvalue weighted by molar-refractivity contribution is 0.231. The summed E-state index contributed by atoms with van der Waals surface area (Å²) in [5, 5.41) is 3.66. The minimum absolute atomic E-state index is 0.0225. The highest BCUT2D eigenvalue weighted by molar-refractivity contribution is 7.80. The molecular formula is C42H47O4P. The van der Waals surface area contributed by atoms with E-state index in [-0.39, 0.29) is 24.4 Å². The zero-order chi connectivity index (χ0) is 33.5. The van der Waals surface area contributed by atoms with Gasteiger partial charge in [0, 0.05) is 5.30 Å². The Labute approximate surface area is 282 Å². The third kappa shape index (κ3) is 8.18. The third-order valence-electron chi connectivity index (χ3n) is 7.25. The molecule has 0 amide bonds. The van der Waals surface area contributed by atoms with Crippen LogP contribution < -0.4 is 34.9 Å². The minimum atomic E-state index is -1.09. The average molecular weight is 647 g/mol. The van der Waals surface area contributed by atoms with Gasteiger partial charge >= 0.3 is 0 Å². The molecule has 0 heterocycles. The molecule has 5 heteroatoms. The molecule has 0 aliphatic heterocycles. The number of benzene rings is 5. The van der Waals surface area contributed by atoms with Gasteiger partial charge in [-0.05, 0) is 109 Å². The molecular weight excluding hydrogens is 599 g/mol. The van der Waals surface area contributed by atoms with Gasteiger partial charge in [-0.25, -0.2) is 0 Å². The second-order valence-electron chi connectivity index (χ2n) is 12.6. The molecule has 0 aliphatic rings. The van der Waals surface area contributed by atoms with E-state index in [0.717, 1.165) is 45.3 Å². The average Bonchev–Trinajstić information content (AvgIpc) is 3.02. The first kappa shape index (κ1) is 34.1. The van der Waals surface area contributed by atoms with Crippen LogP contribution in [-0.2, 0) is 0 Å². The summed E-state index contributed by atoms with van der Waals surface area (Å²) in [4.78, 5) is 0. The van der Waals surface area contributed by atoms with Gasteiger partial charge in [-0.15, -0.1) is 0 Å². The molecule has 0 radical (unpaired) electrons. The fraction of sp³-hybridized carbons (Fsp3) is 0.286. The van der Waals surface area contributed by atoms with Crippen LogP contribution in [0.2, 0.25) is 0 Å². The van der Waals surface area contributed by atoms with Gasteiger partial charge in [0.2, 0.25) is 0 Å². The van der Waals surface area contributed by atoms with E-state index in [1.54, 1.807) is 0 Å². The fourth-order valence-electron chi connectivity index (χ4n) is 5.71. The summed E-state index contributed by atoms with van der Waals surface area (Å²) >= 11 is 0. The summed E-state index contributed by atoms with van der Waals surface area (Å²) in [5.41, 5.74) is 4.01. The summed E-state index contributed by atoms with van der Waals surface area (Å²) in [6.45, 7) is 16.5. The van der Waals surface area contributed by atoms with Crippen molar-refractivity contribution in [1.82, 2.24) is 0 Å². The molecule has 0 saturated carbocycles. The highest BCUT2D eigenvalue weighted by Crippen LogP contribution is 2.49. The van der Waals surface area contributed by atoms with Crippen molar-refractivity contribution in [2.75, 3.05) is 0 Å². The normalized spacial score (nSPS) is 11.5. The van der Waals surface area contributed by atoms with E-state index >= 15 is 0 Å². The first-order chi connectivity index (χ1) is 22.6. The summed E-state index contributed by atoms with van der Waals surface area (Å²) in [6, 6.07) is 40.4. The van der Waals surface area contributed by atoms with Crippen LogP contribution in [0.5, 0.6) is 23.0 Å². The molecule has 4 nitrogen and oxygen atoms in total. The van der Waals surface area contributed by atoms with Crippen LogP contribution in [0.15, 0.2) is 115 Å². The molecule has 0 unspecified atom stereocenters. The summed E-state index contributed by atoms with van der Waals surface area (Å²) in [7, 11) is -1.09. The van der Waals surface area contributed by atoms with Crippen molar-refractivity contribution in [1.29, 1.82) is 0 Å². The molecule has 0 spiro atoms. The Hall–Kier alpha value is -4.27. The van der Waals surface area contributed by atoms with Crippen molar-refractivity contribution < 1.29 is 18.9 Å². The van der Waals surface area contributed by atoms with E-state index in [4.69, 9.17) is 18.9 Å². The van der Waals surface area contributed by atoms with Crippen molar-refractivity contribution in [2.45, 2.75) is 79.8 Å². The SMILES string of the molecule is CC(C)Oc1cccc(OC(C)C)c1-c1cccc(-c2c(OC(C)C)cccc2OC(C)C)c1P(c1ccccc1)c1ccccc1. The maximum atomic E-state index is 6.54. The van der Waals surface area contributed by atoms with Gasteiger partial charge in [0.1, 0.15) is 23.0 Å². The van der Waals surface area contributed by atoms with Crippen LogP contribution in [0.4, 0.5) is 0 Å². The quantitative estimate of drug-likeness (QED) is 0.119. The van der Waals surface area contributed by atoms with Crippen LogP contribution in [0.1, 0.15) is 55.4 Å². The molecule has 244 valence electrons. The van der Waals surface area contributed by atoms with Crippen LogP contribution in [-0.4, -0.2) is 24.4 Å². The lowest BCUT2D eigenvalue weighted by Crippen LogP contribution is -2.25. The second kappa shape index (κ2) is 15.5. The maximum Gasteiger partial charge on any atom is 0.131 e. The highest BCUT2D eigenvalue weighted by Gasteiger charge is 2.30. The van der Waals surface area contributed by atoms with Gasteiger partial charge in [0.25, 0.3) is 0 Å². The Morgan fingerprint density at radius 3 is 0.957 bits per heavy atom. The van der Waals surface area contributed by atoms with Crippen molar-refractivity contribution >= 4 is 23.8 Å². The Morgan fingerprint density at radius 1 is 0.362 bits per heavy atom. The van der Waals surface area contributed by atoms with Crippen molar-refractivity contribution in [3.05, 3.63) is 115 Å². The molecule has 5 aromatic rings. The minimum Gasteiger partial charge on any atom is -0.490 e. The van der Waals surface area contributed by atoms with E-state index in [9.17, 15) is 0 Å². The molecule has 0 fully saturated rings. The van der Waals surface area contributed by atoms with Crippen molar-refractivity contribution in [2.24, 2.45) is 0 Å². The molecule has 0 saturated heterocycles. The van der Waals surface area contributed by atoms with E-state index in [1.165, 1.54) is 15.9 Å². The highest BCUT2D eigenvalue weighted by atomic mass is 31.1. The molecule has 5 aromatic carbocycles. The van der Waals surface area contributed by atoms with E-state index < -0.39 is 7.92 Å². The van der Waals surface area contributed by atoms with Gasteiger partial charge in [-0.1, -0.05) is 91.0 Å². The maximum absolute atomic E-state index is 6.54. The predicted molar refractivity (Wildman–Crippen MR) is 199 cm³/mol. The Balaban J connectivity index is 1.97. The van der Waals surface area contributed by atoms with Gasteiger partial charge < -0.3 is 18.9 Å². The monoisotopic (exact) mass is 646 g/mol. The molecule has 5 rings (SSSR count). The van der Waals surface area contributed by atoms with Crippen molar-refractivity contribution in [3.8, 4) is 45.3 Å². The molecule has 47 heavy (non-hydrogen) atoms. The number of rotatable bonds is 13. The summed E-state index contributed by atoms with van der Waals surface area (Å²) in [6.07, 6.45) is -0.0902. The molecule has 0 aliphatic carbocycles. The largest absolute Gasteiger partial charge is 0.490 e. The van der Waals surface area contributed by atoms with Gasteiger partial charge in [0.15, 0.2) is 0 Å². The number of hydrogen-bond acceptors (Lipinski definition) is 4. The van der Waals surface area contributed by atoms with Gasteiger partial charge in [-0.2, -0.15) is 0 Å². The number of hydrogen-bond donors (Lipinski definition) is 0. The molecule has 0 atom stereocenters. The lowest BCUT2D eigenvalue weighted by Gasteiger charge is -2.29. The Bertz CT molecular complexity index is 1560. The molecule has 0 aromatic heterocycles. The number of ether oxygens (including phenoxy) is 4. The van der Waals surface area contributed by atoms with Gasteiger partial charge in [0.05, 0.1) is 35.5 Å². The molecule has 0 N–H and O–H groups in total. The smallest absolute Gasteiger partial charge is 0.131 e. The van der Waals surface area contributed by atoms with Crippen molar-refractivity contribution in [3.63, 3.8) is 0 Å². The Morgan fingerprint density at radius 2 is 0.660 bits per heavy atom. The van der Waals surface area contributed by atoms with Crippen LogP contribution >= 0.6 is 7.92 Å². The zero-order valence-corrected chi connectivity index (χ0v) is 29.8. The van der Waals surface area contributed by atoms with Gasteiger partial charge in [-0.3, -0.25) is 0 Å². The zero-order valence-electron chi connectivity index (χ0n) is 28.9. The fourth-order valence-corrected chi connectivity index (χ4v) is 8.32.